The first-order chi connectivity index (χ1) is 10.4. The van der Waals surface area contributed by atoms with Crippen LogP contribution >= 0.6 is 0 Å². The van der Waals surface area contributed by atoms with Gasteiger partial charge >= 0.3 is 11.9 Å². The van der Waals surface area contributed by atoms with E-state index in [4.69, 9.17) is 32.6 Å². The summed E-state index contributed by atoms with van der Waals surface area (Å²) in [6, 6.07) is 8.81. The summed E-state index contributed by atoms with van der Waals surface area (Å²) in [7, 11) is 0. The van der Waals surface area contributed by atoms with Gasteiger partial charge in [-0.3, -0.25) is 9.68 Å². The van der Waals surface area contributed by atoms with Crippen molar-refractivity contribution >= 4 is 35.2 Å². The second-order valence-electron chi connectivity index (χ2n) is 4.10. The summed E-state index contributed by atoms with van der Waals surface area (Å²) < 4.78 is 1.57. The Hall–Kier alpha value is -3.56. The quantitative estimate of drug-likeness (QED) is 0.341. The van der Waals surface area contributed by atoms with Crippen molar-refractivity contribution in [3.8, 4) is 0 Å². The topological polar surface area (TPSA) is 164 Å². The zero-order chi connectivity index (χ0) is 16.3. The molecule has 0 saturated heterocycles. The molecular weight excluding hydrogens is 292 g/mol. The molecule has 0 bridgehead atoms. The third-order valence-corrected chi connectivity index (χ3v) is 2.52. The lowest BCUT2D eigenvalue weighted by atomic mass is 10.4. The van der Waals surface area contributed by atoms with Crippen molar-refractivity contribution in [2.45, 2.75) is 0 Å². The third-order valence-electron chi connectivity index (χ3n) is 2.52. The van der Waals surface area contributed by atoms with Crippen molar-refractivity contribution in [1.82, 2.24) is 0 Å². The first-order valence-corrected chi connectivity index (χ1v) is 5.97. The highest BCUT2D eigenvalue weighted by atomic mass is 16.7. The Balaban J connectivity index is 2.15. The molecule has 0 aliphatic carbocycles. The first-order valence-electron chi connectivity index (χ1n) is 5.97. The van der Waals surface area contributed by atoms with Crippen molar-refractivity contribution < 1.29 is 28.7 Å². The number of aromatic nitrogens is 2. The van der Waals surface area contributed by atoms with E-state index in [9.17, 15) is 9.59 Å². The van der Waals surface area contributed by atoms with Gasteiger partial charge in [0.2, 0.25) is 0 Å². The normalized spacial score (nSPS) is 10.0. The maximum atomic E-state index is 11.7. The summed E-state index contributed by atoms with van der Waals surface area (Å²) >= 11 is 0. The van der Waals surface area contributed by atoms with Gasteiger partial charge in [-0.25, -0.2) is 9.59 Å². The van der Waals surface area contributed by atoms with Crippen molar-refractivity contribution in [3.05, 3.63) is 36.4 Å². The van der Waals surface area contributed by atoms with Crippen LogP contribution in [0.15, 0.2) is 36.4 Å². The number of pyridine rings is 2. The molecule has 2 heterocycles. The van der Waals surface area contributed by atoms with Crippen LogP contribution in [0.5, 0.6) is 0 Å². The Morgan fingerprint density at radius 3 is 1.23 bits per heavy atom. The number of hydrogen-bond donors (Lipinski definition) is 4. The number of carbonyl (C=O) groups is 2. The van der Waals surface area contributed by atoms with E-state index in [-0.39, 0.29) is 23.3 Å². The maximum absolute atomic E-state index is 11.7. The summed E-state index contributed by atoms with van der Waals surface area (Å²) in [4.78, 5) is 32.9. The highest BCUT2D eigenvalue weighted by Crippen LogP contribution is 1.99. The standard InChI is InChI=1S/C12H12N6O4/c13-7-3-1-4-8(14)17(7)21-11(19)12(20)22-18-9(15)5-2-6-10(18)16/h1-6H,(H6,13,14,15,16)/p+2. The van der Waals surface area contributed by atoms with Crippen LogP contribution in [-0.4, -0.2) is 11.9 Å². The van der Waals surface area contributed by atoms with Crippen LogP contribution in [0, 0.1) is 0 Å². The van der Waals surface area contributed by atoms with Crippen LogP contribution < -0.4 is 42.1 Å². The highest BCUT2D eigenvalue weighted by Gasteiger charge is 2.27. The number of anilines is 4. The Morgan fingerprint density at radius 2 is 0.955 bits per heavy atom. The van der Waals surface area contributed by atoms with Crippen LogP contribution in [0.2, 0.25) is 0 Å². The average molecular weight is 306 g/mol. The van der Waals surface area contributed by atoms with Crippen LogP contribution in [0.1, 0.15) is 0 Å². The molecule has 0 aliphatic heterocycles. The van der Waals surface area contributed by atoms with Crippen LogP contribution in [-0.2, 0) is 9.59 Å². The van der Waals surface area contributed by atoms with E-state index in [0.29, 0.717) is 0 Å². The molecule has 0 unspecified atom stereocenters. The second kappa shape index (κ2) is 5.83. The summed E-state index contributed by atoms with van der Waals surface area (Å²) in [6.07, 6.45) is 0. The Labute approximate surface area is 124 Å². The molecule has 10 heteroatoms. The smallest absolute Gasteiger partial charge is 0.316 e. The Kier molecular flexibility index (Phi) is 3.93. The molecule has 22 heavy (non-hydrogen) atoms. The minimum Gasteiger partial charge on any atom is -0.316 e. The lowest BCUT2D eigenvalue weighted by molar-refractivity contribution is -0.853. The lowest BCUT2D eigenvalue weighted by Crippen LogP contribution is -2.57. The van der Waals surface area contributed by atoms with E-state index in [2.05, 4.69) is 0 Å². The van der Waals surface area contributed by atoms with Gasteiger partial charge < -0.3 is 22.9 Å². The number of hydrogen-bond acceptors (Lipinski definition) is 8. The fourth-order valence-electron chi connectivity index (χ4n) is 1.51. The molecule has 114 valence electrons. The maximum Gasteiger partial charge on any atom is 0.461 e. The van der Waals surface area contributed by atoms with Gasteiger partial charge in [0.05, 0.1) is 0 Å². The van der Waals surface area contributed by atoms with Gasteiger partial charge in [0.15, 0.2) is 0 Å². The van der Waals surface area contributed by atoms with Crippen molar-refractivity contribution in [2.24, 2.45) is 0 Å². The zero-order valence-corrected chi connectivity index (χ0v) is 11.3. The molecule has 0 amide bonds. The molecule has 2 aromatic rings. The van der Waals surface area contributed by atoms with E-state index >= 15 is 0 Å². The molecule has 0 saturated carbocycles. The van der Waals surface area contributed by atoms with E-state index in [1.165, 1.54) is 24.3 Å². The molecule has 10 nitrogen and oxygen atoms in total. The van der Waals surface area contributed by atoms with Gasteiger partial charge in [-0.15, -0.1) is 0 Å². The molecule has 0 radical (unpaired) electrons. The SMILES string of the molecule is Nc1cccc(N)[n+]1OC(=O)C(=O)O[n+]1c(N)cccc1N. The van der Waals surface area contributed by atoms with Crippen molar-refractivity contribution in [2.75, 3.05) is 22.9 Å². The monoisotopic (exact) mass is 306 g/mol. The van der Waals surface area contributed by atoms with E-state index in [1.807, 2.05) is 0 Å². The summed E-state index contributed by atoms with van der Waals surface area (Å²) in [5.41, 5.74) is 22.3. The van der Waals surface area contributed by atoms with Gasteiger partial charge in [-0.1, -0.05) is 0 Å². The van der Waals surface area contributed by atoms with Crippen LogP contribution in [0.4, 0.5) is 23.3 Å². The second-order valence-corrected chi connectivity index (χ2v) is 4.10. The lowest BCUT2D eigenvalue weighted by Gasteiger charge is -2.07. The summed E-state index contributed by atoms with van der Waals surface area (Å²) in [5, 5.41) is 0. The van der Waals surface area contributed by atoms with E-state index in [1.54, 1.807) is 12.1 Å². The third kappa shape index (κ3) is 2.95. The molecule has 0 aliphatic rings. The molecule has 0 atom stereocenters. The molecule has 8 N–H and O–H groups in total. The molecule has 2 aromatic heterocycles. The Morgan fingerprint density at radius 1 is 0.682 bits per heavy atom. The van der Waals surface area contributed by atoms with E-state index < -0.39 is 11.9 Å². The predicted molar refractivity (Wildman–Crippen MR) is 74.1 cm³/mol. The number of nitrogen functional groups attached to an aromatic ring is 4. The summed E-state index contributed by atoms with van der Waals surface area (Å²) in [5.74, 6) is -2.63. The minimum atomic E-state index is -1.36. The fourth-order valence-corrected chi connectivity index (χ4v) is 1.51. The largest absolute Gasteiger partial charge is 0.461 e. The predicted octanol–water partition coefficient (Wildman–Crippen LogP) is -2.80. The minimum absolute atomic E-state index is 0.0209. The molecule has 0 aromatic carbocycles. The Bertz CT molecular complexity index is 644. The van der Waals surface area contributed by atoms with Gasteiger partial charge in [0.25, 0.3) is 23.3 Å². The van der Waals surface area contributed by atoms with Crippen LogP contribution in [0.3, 0.4) is 0 Å². The highest BCUT2D eigenvalue weighted by molar-refractivity contribution is 6.29. The van der Waals surface area contributed by atoms with Crippen molar-refractivity contribution in [3.63, 3.8) is 0 Å². The summed E-state index contributed by atoms with van der Waals surface area (Å²) in [6.45, 7) is 0. The molecule has 0 fully saturated rings. The average Bonchev–Trinajstić information content (AvgIpc) is 2.46. The number of rotatable bonds is 2. The van der Waals surface area contributed by atoms with Gasteiger partial charge in [-0.05, 0) is 21.6 Å². The molecule has 2 rings (SSSR count). The van der Waals surface area contributed by atoms with Gasteiger partial charge in [-0.2, -0.15) is 0 Å². The molecular formula is C12H14N6O4+2. The fraction of sp³-hybridized carbons (Fsp3) is 0. The van der Waals surface area contributed by atoms with E-state index in [0.717, 1.165) is 9.46 Å². The first kappa shape index (κ1) is 14.8. The van der Waals surface area contributed by atoms with Gasteiger partial charge in [0, 0.05) is 24.3 Å². The number of nitrogens with two attached hydrogens (primary N) is 4. The zero-order valence-electron chi connectivity index (χ0n) is 11.3. The van der Waals surface area contributed by atoms with Gasteiger partial charge in [0.1, 0.15) is 0 Å². The number of nitrogens with zero attached hydrogens (tertiary/aromatic N) is 2. The van der Waals surface area contributed by atoms with Crippen LogP contribution in [0.25, 0.3) is 0 Å². The van der Waals surface area contributed by atoms with Crippen molar-refractivity contribution in [1.29, 1.82) is 0 Å². The molecule has 0 spiro atoms. The number of carbonyl (C=O) groups excluding carboxylic acids is 2.